The van der Waals surface area contributed by atoms with E-state index in [0.717, 1.165) is 34.6 Å². The summed E-state index contributed by atoms with van der Waals surface area (Å²) in [5.74, 6) is -1.85. The maximum atomic E-state index is 13.5. The van der Waals surface area contributed by atoms with Gasteiger partial charge in [0.25, 0.3) is 0 Å². The third-order valence-electron chi connectivity index (χ3n) is 8.32. The molecule has 0 saturated heterocycles. The second-order valence-corrected chi connectivity index (χ2v) is 12.2. The number of carbonyl (C=O) groups is 2. The fourth-order valence-corrected chi connectivity index (χ4v) is 6.02. The average molecular weight is 608 g/mol. The van der Waals surface area contributed by atoms with Crippen molar-refractivity contribution in [2.45, 2.75) is 64.5 Å². The van der Waals surface area contributed by atoms with Crippen LogP contribution in [0, 0.1) is 6.92 Å². The fraction of sp³-hybridized carbons (Fsp3) is 0.343. The predicted octanol–water partition coefficient (Wildman–Crippen LogP) is 7.69. The SMILES string of the molecule is Cc1ccc2c(c1)C(C)(C)C(=CC=CC=CC=CC1=[N+](CCC(=O)O)c3ccc(C(F)(F)F)cc3C1(C)C)N2CCC(=O)O. The second kappa shape index (κ2) is 12.3. The molecule has 0 aliphatic carbocycles. The molecule has 232 valence electrons. The van der Waals surface area contributed by atoms with Gasteiger partial charge < -0.3 is 15.1 Å². The van der Waals surface area contributed by atoms with Crippen LogP contribution in [0.5, 0.6) is 0 Å². The van der Waals surface area contributed by atoms with E-state index in [0.29, 0.717) is 23.5 Å². The number of anilines is 1. The molecule has 2 aromatic rings. The Bertz CT molecular complexity index is 1620. The Morgan fingerprint density at radius 3 is 2.18 bits per heavy atom. The molecule has 0 unspecified atom stereocenters. The summed E-state index contributed by atoms with van der Waals surface area (Å²) in [6.07, 6.45) is 8.33. The summed E-state index contributed by atoms with van der Waals surface area (Å²) in [7, 11) is 0. The molecule has 2 aromatic carbocycles. The molecule has 44 heavy (non-hydrogen) atoms. The van der Waals surface area contributed by atoms with E-state index in [1.807, 2.05) is 63.3 Å². The van der Waals surface area contributed by atoms with Gasteiger partial charge in [-0.05, 0) is 50.6 Å². The van der Waals surface area contributed by atoms with E-state index >= 15 is 0 Å². The molecule has 4 rings (SSSR count). The summed E-state index contributed by atoms with van der Waals surface area (Å²) in [6, 6.07) is 9.80. The zero-order chi connectivity index (χ0) is 32.4. The highest BCUT2D eigenvalue weighted by atomic mass is 19.4. The Labute approximate surface area is 255 Å². The molecule has 0 spiro atoms. The zero-order valence-corrected chi connectivity index (χ0v) is 25.6. The van der Waals surface area contributed by atoms with Crippen LogP contribution >= 0.6 is 0 Å². The minimum Gasteiger partial charge on any atom is -0.481 e. The van der Waals surface area contributed by atoms with Crippen molar-refractivity contribution in [2.75, 3.05) is 18.0 Å². The molecule has 0 bridgehead atoms. The van der Waals surface area contributed by atoms with Crippen molar-refractivity contribution < 1.29 is 37.5 Å². The molecular formula is C35H38F3N2O4+. The Morgan fingerprint density at radius 1 is 0.864 bits per heavy atom. The van der Waals surface area contributed by atoms with Crippen LogP contribution in [-0.2, 0) is 26.6 Å². The fourth-order valence-electron chi connectivity index (χ4n) is 6.02. The molecule has 6 nitrogen and oxygen atoms in total. The summed E-state index contributed by atoms with van der Waals surface area (Å²) in [5.41, 5.74) is 4.22. The summed E-state index contributed by atoms with van der Waals surface area (Å²) in [4.78, 5) is 24.7. The zero-order valence-electron chi connectivity index (χ0n) is 25.6. The van der Waals surface area contributed by atoms with Gasteiger partial charge in [-0.2, -0.15) is 17.7 Å². The first-order valence-corrected chi connectivity index (χ1v) is 14.5. The highest BCUT2D eigenvalue weighted by Crippen LogP contribution is 2.48. The highest BCUT2D eigenvalue weighted by molar-refractivity contribution is 6.03. The first-order chi connectivity index (χ1) is 20.5. The number of hydrogen-bond acceptors (Lipinski definition) is 3. The number of nitrogens with zero attached hydrogens (tertiary/aromatic N) is 2. The number of halogens is 3. The van der Waals surface area contributed by atoms with Gasteiger partial charge >= 0.3 is 18.1 Å². The minimum absolute atomic E-state index is 0.00913. The minimum atomic E-state index is -4.48. The van der Waals surface area contributed by atoms with Gasteiger partial charge in [-0.3, -0.25) is 9.59 Å². The van der Waals surface area contributed by atoms with Crippen LogP contribution in [-0.4, -0.2) is 45.5 Å². The maximum Gasteiger partial charge on any atom is 0.416 e. The first kappa shape index (κ1) is 32.5. The highest BCUT2D eigenvalue weighted by Gasteiger charge is 2.46. The third kappa shape index (κ3) is 6.56. The van der Waals surface area contributed by atoms with Gasteiger partial charge in [0.15, 0.2) is 12.3 Å². The number of hydrogen-bond donors (Lipinski definition) is 2. The van der Waals surface area contributed by atoms with Gasteiger partial charge in [0, 0.05) is 41.1 Å². The lowest BCUT2D eigenvalue weighted by Crippen LogP contribution is -2.28. The monoisotopic (exact) mass is 607 g/mol. The average Bonchev–Trinajstić information content (AvgIpc) is 3.27. The van der Waals surface area contributed by atoms with Gasteiger partial charge in [0.05, 0.1) is 17.4 Å². The van der Waals surface area contributed by atoms with Crippen molar-refractivity contribution in [3.05, 3.63) is 107 Å². The smallest absolute Gasteiger partial charge is 0.416 e. The van der Waals surface area contributed by atoms with Gasteiger partial charge in [-0.25, -0.2) is 0 Å². The lowest BCUT2D eigenvalue weighted by molar-refractivity contribution is -0.436. The number of carboxylic acid groups (broad SMARTS) is 2. The molecule has 0 radical (unpaired) electrons. The van der Waals surface area contributed by atoms with Crippen molar-refractivity contribution in [1.82, 2.24) is 0 Å². The lowest BCUT2D eigenvalue weighted by atomic mass is 9.80. The summed E-state index contributed by atoms with van der Waals surface area (Å²) >= 11 is 0. The lowest BCUT2D eigenvalue weighted by Gasteiger charge is -2.26. The molecule has 0 saturated carbocycles. The van der Waals surface area contributed by atoms with Crippen molar-refractivity contribution in [1.29, 1.82) is 0 Å². The van der Waals surface area contributed by atoms with E-state index < -0.39 is 29.1 Å². The Morgan fingerprint density at radius 2 is 1.52 bits per heavy atom. The topological polar surface area (TPSA) is 80.9 Å². The molecule has 2 N–H and O–H groups in total. The molecule has 2 heterocycles. The number of carboxylic acids is 2. The number of allylic oxidation sites excluding steroid dienone is 8. The molecule has 9 heteroatoms. The number of aliphatic carboxylic acids is 2. The van der Waals surface area contributed by atoms with Crippen LogP contribution < -0.4 is 4.90 Å². The molecule has 0 atom stereocenters. The molecule has 0 fully saturated rings. The van der Waals surface area contributed by atoms with Crippen molar-refractivity contribution >= 4 is 29.0 Å². The number of benzene rings is 2. The van der Waals surface area contributed by atoms with E-state index in [9.17, 15) is 33.0 Å². The van der Waals surface area contributed by atoms with Crippen LogP contribution in [0.15, 0.2) is 84.6 Å². The van der Waals surface area contributed by atoms with Crippen molar-refractivity contribution in [2.24, 2.45) is 0 Å². The number of fused-ring (bicyclic) bond motifs is 2. The molecule has 2 aliphatic heterocycles. The maximum absolute atomic E-state index is 13.5. The van der Waals surface area contributed by atoms with Crippen LogP contribution in [0.1, 0.15) is 62.8 Å². The van der Waals surface area contributed by atoms with E-state index in [1.54, 1.807) is 16.7 Å². The Hall–Kier alpha value is -4.40. The summed E-state index contributed by atoms with van der Waals surface area (Å²) < 4.78 is 42.2. The Kier molecular flexibility index (Phi) is 9.09. The standard InChI is InChI=1S/C35H37F3N2O4/c1-23-13-15-27-25(21-23)33(2,3)29(39(27)19-17-31(41)42)11-9-7-6-8-10-12-30-34(4,5)26-22-24(35(36,37)38)14-16-28(26)40(30)20-18-32(43)44/h6-16,21-22H,17-20H2,1-5H3,(H-,41,42,43,44)/p+1. The summed E-state index contributed by atoms with van der Waals surface area (Å²) in [5, 5.41) is 18.6. The molecule has 0 aromatic heterocycles. The van der Waals surface area contributed by atoms with Crippen LogP contribution in [0.2, 0.25) is 0 Å². The van der Waals surface area contributed by atoms with Crippen LogP contribution in [0.4, 0.5) is 24.5 Å². The predicted molar refractivity (Wildman–Crippen MR) is 166 cm³/mol. The summed E-state index contributed by atoms with van der Waals surface area (Å²) in [6.45, 7) is 10.4. The number of rotatable bonds is 10. The van der Waals surface area contributed by atoms with Crippen molar-refractivity contribution in [3.8, 4) is 0 Å². The largest absolute Gasteiger partial charge is 0.481 e. The third-order valence-corrected chi connectivity index (χ3v) is 8.32. The van der Waals surface area contributed by atoms with E-state index in [1.165, 1.54) is 6.07 Å². The van der Waals surface area contributed by atoms with Crippen LogP contribution in [0.25, 0.3) is 0 Å². The van der Waals surface area contributed by atoms with E-state index in [2.05, 4.69) is 24.8 Å². The molecule has 2 aliphatic rings. The van der Waals surface area contributed by atoms with Gasteiger partial charge in [0.1, 0.15) is 6.42 Å². The molecular weight excluding hydrogens is 569 g/mol. The van der Waals surface area contributed by atoms with Gasteiger partial charge in [0.2, 0.25) is 5.69 Å². The van der Waals surface area contributed by atoms with E-state index in [4.69, 9.17) is 0 Å². The quantitative estimate of drug-likeness (QED) is 0.214. The Balaban J connectivity index is 1.58. The molecule has 0 amide bonds. The van der Waals surface area contributed by atoms with Gasteiger partial charge in [-0.1, -0.05) is 61.9 Å². The van der Waals surface area contributed by atoms with E-state index in [-0.39, 0.29) is 24.8 Å². The second-order valence-electron chi connectivity index (χ2n) is 12.2. The van der Waals surface area contributed by atoms with Gasteiger partial charge in [-0.15, -0.1) is 0 Å². The first-order valence-electron chi connectivity index (χ1n) is 14.5. The number of alkyl halides is 3. The number of aryl methyl sites for hydroxylation is 1. The van der Waals surface area contributed by atoms with Crippen molar-refractivity contribution in [3.63, 3.8) is 0 Å². The van der Waals surface area contributed by atoms with Crippen LogP contribution in [0.3, 0.4) is 0 Å². The normalized spacial score (nSPS) is 18.3.